The summed E-state index contributed by atoms with van der Waals surface area (Å²) in [6.45, 7) is 2.47. The Hall–Kier alpha value is -2.42. The Labute approximate surface area is 152 Å². The van der Waals surface area contributed by atoms with Gasteiger partial charge >= 0.3 is 5.97 Å². The van der Waals surface area contributed by atoms with Gasteiger partial charge < -0.3 is 9.84 Å². The van der Waals surface area contributed by atoms with Crippen LogP contribution in [0, 0.1) is 0 Å². The normalized spacial score (nSPS) is 11.7. The van der Waals surface area contributed by atoms with Gasteiger partial charge in [-0.1, -0.05) is 28.7 Å². The molecule has 26 heavy (non-hydrogen) atoms. The Morgan fingerprint density at radius 2 is 1.54 bits per heavy atom. The zero-order valence-electron chi connectivity index (χ0n) is 14.7. The van der Waals surface area contributed by atoms with Crippen LogP contribution < -0.4 is 4.74 Å². The van der Waals surface area contributed by atoms with Crippen molar-refractivity contribution in [1.29, 1.82) is 0 Å². The summed E-state index contributed by atoms with van der Waals surface area (Å²) < 4.78 is 30.9. The molecule has 0 aliphatic carbocycles. The number of hydrogen-bond donors (Lipinski definition) is 1. The second kappa shape index (κ2) is 8.31. The van der Waals surface area contributed by atoms with Crippen molar-refractivity contribution >= 4 is 16.0 Å². The van der Waals surface area contributed by atoms with Crippen LogP contribution in [0.25, 0.3) is 11.1 Å². The lowest BCUT2D eigenvalue weighted by Crippen LogP contribution is -2.37. The van der Waals surface area contributed by atoms with Crippen LogP contribution in [0.3, 0.4) is 0 Å². The Balaban J connectivity index is 2.30. The van der Waals surface area contributed by atoms with Crippen LogP contribution >= 0.6 is 0 Å². The van der Waals surface area contributed by atoms with Gasteiger partial charge in [0.2, 0.25) is 0 Å². The lowest BCUT2D eigenvalue weighted by Gasteiger charge is -2.22. The van der Waals surface area contributed by atoms with Gasteiger partial charge in [0.25, 0.3) is 10.0 Å². The van der Waals surface area contributed by atoms with Crippen molar-refractivity contribution in [1.82, 2.24) is 4.47 Å². The minimum atomic E-state index is -4.09. The summed E-state index contributed by atoms with van der Waals surface area (Å²) in [6, 6.07) is 13.5. The quantitative estimate of drug-likeness (QED) is 0.709. The number of rotatable bonds is 8. The molecule has 0 aliphatic rings. The summed E-state index contributed by atoms with van der Waals surface area (Å²) in [6.07, 6.45) is -0.484. The zero-order valence-corrected chi connectivity index (χ0v) is 15.6. The number of ether oxygens (including phenoxy) is 1. The van der Waals surface area contributed by atoms with Crippen LogP contribution in [-0.2, 0) is 19.7 Å². The number of carboxylic acids is 1. The second-order valence-corrected chi connectivity index (χ2v) is 7.60. The largest absolute Gasteiger partial charge is 0.497 e. The van der Waals surface area contributed by atoms with Gasteiger partial charge in [-0.15, -0.1) is 0 Å². The van der Waals surface area contributed by atoms with Gasteiger partial charge in [-0.25, -0.2) is 8.42 Å². The van der Waals surface area contributed by atoms with E-state index in [0.29, 0.717) is 4.47 Å². The van der Waals surface area contributed by atoms with Crippen LogP contribution in [0.2, 0.25) is 0 Å². The van der Waals surface area contributed by atoms with Crippen molar-refractivity contribution in [3.8, 4) is 16.9 Å². The van der Waals surface area contributed by atoms with Gasteiger partial charge in [0.15, 0.2) is 0 Å². The van der Waals surface area contributed by atoms with E-state index in [1.807, 2.05) is 24.3 Å². The SMILES string of the molecule is COc1ccc(-c2ccc(S(=O)(=O)N(CC(=O)O)OC(C)C)cc2)cc1. The molecule has 8 heteroatoms. The third-order valence-electron chi connectivity index (χ3n) is 3.44. The fourth-order valence-corrected chi connectivity index (χ4v) is 3.53. The third kappa shape index (κ3) is 4.81. The highest BCUT2D eigenvalue weighted by Crippen LogP contribution is 2.25. The Kier molecular flexibility index (Phi) is 6.36. The second-order valence-electron chi connectivity index (χ2n) is 5.77. The van der Waals surface area contributed by atoms with Crippen molar-refractivity contribution in [2.45, 2.75) is 24.8 Å². The van der Waals surface area contributed by atoms with E-state index in [4.69, 9.17) is 14.7 Å². The molecule has 0 heterocycles. The van der Waals surface area contributed by atoms with E-state index in [1.54, 1.807) is 33.1 Å². The summed E-state index contributed by atoms with van der Waals surface area (Å²) >= 11 is 0. The molecule has 0 fully saturated rings. The van der Waals surface area contributed by atoms with Gasteiger partial charge in [-0.05, 0) is 49.2 Å². The lowest BCUT2D eigenvalue weighted by molar-refractivity contribution is -0.156. The summed E-state index contributed by atoms with van der Waals surface area (Å²) in [7, 11) is -2.51. The number of carboxylic acid groups (broad SMARTS) is 1. The minimum absolute atomic E-state index is 0.0448. The summed E-state index contributed by atoms with van der Waals surface area (Å²) in [4.78, 5) is 16.1. The van der Waals surface area contributed by atoms with E-state index in [9.17, 15) is 13.2 Å². The van der Waals surface area contributed by atoms with Gasteiger partial charge in [-0.2, -0.15) is 0 Å². The fraction of sp³-hybridized carbons (Fsp3) is 0.278. The molecule has 2 aromatic carbocycles. The van der Waals surface area contributed by atoms with Crippen LogP contribution in [0.4, 0.5) is 0 Å². The maximum absolute atomic E-state index is 12.7. The number of benzene rings is 2. The first-order valence-corrected chi connectivity index (χ1v) is 9.34. The topological polar surface area (TPSA) is 93.1 Å². The number of carbonyl (C=O) groups is 1. The highest BCUT2D eigenvalue weighted by molar-refractivity contribution is 7.89. The van der Waals surface area contributed by atoms with Crippen LogP contribution in [0.5, 0.6) is 5.75 Å². The molecular formula is C18H21NO6S. The van der Waals surface area contributed by atoms with E-state index >= 15 is 0 Å². The van der Waals surface area contributed by atoms with Crippen molar-refractivity contribution in [3.63, 3.8) is 0 Å². The van der Waals surface area contributed by atoms with Crippen LogP contribution in [0.15, 0.2) is 53.4 Å². The molecule has 0 spiro atoms. The molecule has 2 rings (SSSR count). The molecule has 0 radical (unpaired) electrons. The number of sulfonamides is 1. The predicted molar refractivity (Wildman–Crippen MR) is 96.2 cm³/mol. The average molecular weight is 379 g/mol. The molecule has 0 saturated heterocycles. The van der Waals surface area contributed by atoms with Gasteiger partial charge in [0, 0.05) is 0 Å². The van der Waals surface area contributed by atoms with Gasteiger partial charge in [0.1, 0.15) is 12.3 Å². The van der Waals surface area contributed by atoms with E-state index in [1.165, 1.54) is 12.1 Å². The summed E-state index contributed by atoms with van der Waals surface area (Å²) in [5.41, 5.74) is 1.72. The average Bonchev–Trinajstić information content (AvgIpc) is 2.60. The highest BCUT2D eigenvalue weighted by atomic mass is 32.2. The molecule has 2 aromatic rings. The summed E-state index contributed by atoms with van der Waals surface area (Å²) in [5, 5.41) is 8.95. The van der Waals surface area contributed by atoms with E-state index in [-0.39, 0.29) is 4.90 Å². The predicted octanol–water partition coefficient (Wildman–Crippen LogP) is 2.78. The Morgan fingerprint density at radius 3 is 1.96 bits per heavy atom. The number of aliphatic carboxylic acids is 1. The first-order valence-electron chi connectivity index (χ1n) is 7.90. The molecule has 0 aliphatic heterocycles. The van der Waals surface area contributed by atoms with Gasteiger partial charge in [0.05, 0.1) is 18.1 Å². The maximum atomic E-state index is 12.7. The molecule has 0 aromatic heterocycles. The molecule has 0 amide bonds. The molecule has 7 nitrogen and oxygen atoms in total. The fourth-order valence-electron chi connectivity index (χ4n) is 2.24. The number of hydroxylamine groups is 1. The van der Waals surface area contributed by atoms with Crippen molar-refractivity contribution in [3.05, 3.63) is 48.5 Å². The first kappa shape index (κ1) is 19.9. The number of hydrogen-bond acceptors (Lipinski definition) is 5. The molecule has 0 bridgehead atoms. The van der Waals surface area contributed by atoms with Crippen LogP contribution in [0.1, 0.15) is 13.8 Å². The third-order valence-corrected chi connectivity index (χ3v) is 5.06. The van der Waals surface area contributed by atoms with E-state index in [2.05, 4.69) is 0 Å². The minimum Gasteiger partial charge on any atom is -0.497 e. The van der Waals surface area contributed by atoms with Gasteiger partial charge in [-0.3, -0.25) is 9.63 Å². The molecule has 0 unspecified atom stereocenters. The molecule has 1 N–H and O–H groups in total. The Bertz CT molecular complexity index is 844. The number of methoxy groups -OCH3 is 1. The Morgan fingerprint density at radius 1 is 1.04 bits per heavy atom. The zero-order chi connectivity index (χ0) is 19.3. The van der Waals surface area contributed by atoms with E-state index in [0.717, 1.165) is 16.9 Å². The molecule has 0 atom stereocenters. The monoisotopic (exact) mass is 379 g/mol. The smallest absolute Gasteiger partial charge is 0.321 e. The maximum Gasteiger partial charge on any atom is 0.321 e. The number of nitrogens with zero attached hydrogens (tertiary/aromatic N) is 1. The summed E-state index contributed by atoms with van der Waals surface area (Å²) in [5.74, 6) is -0.577. The lowest BCUT2D eigenvalue weighted by atomic mass is 10.1. The molecule has 140 valence electrons. The van der Waals surface area contributed by atoms with Crippen LogP contribution in [-0.4, -0.2) is 43.7 Å². The van der Waals surface area contributed by atoms with Crippen molar-refractivity contribution < 1.29 is 27.9 Å². The standard InChI is InChI=1S/C18H21NO6S/c1-13(2)25-19(12-18(20)21)26(22,23)17-10-6-15(7-11-17)14-4-8-16(24-3)9-5-14/h4-11,13H,12H2,1-3H3,(H,20,21). The van der Waals surface area contributed by atoms with Crippen molar-refractivity contribution in [2.75, 3.05) is 13.7 Å². The highest BCUT2D eigenvalue weighted by Gasteiger charge is 2.28. The molecular weight excluding hydrogens is 358 g/mol. The first-order chi connectivity index (χ1) is 12.2. The molecule has 0 saturated carbocycles. The van der Waals surface area contributed by atoms with E-state index < -0.39 is 28.6 Å². The van der Waals surface area contributed by atoms with Crippen molar-refractivity contribution in [2.24, 2.45) is 0 Å².